The largest absolute Gasteiger partial charge is 0.481 e. The highest BCUT2D eigenvalue weighted by Crippen LogP contribution is 2.43. The van der Waals surface area contributed by atoms with E-state index < -0.39 is 11.9 Å². The third-order valence-electron chi connectivity index (χ3n) is 2.51. The standard InChI is InChI=1S/C8H8O3/c9-6-3-4-1-2-5(7(4)6)8(10)11/h1-2,4-5,7H,3H2,(H,10,11)/t4-,5+,7+/m1/s1. The zero-order valence-electron chi connectivity index (χ0n) is 5.86. The van der Waals surface area contributed by atoms with E-state index in [0.29, 0.717) is 6.42 Å². The van der Waals surface area contributed by atoms with Gasteiger partial charge in [-0.15, -0.1) is 0 Å². The lowest BCUT2D eigenvalue weighted by Crippen LogP contribution is -2.39. The zero-order valence-corrected chi connectivity index (χ0v) is 5.86. The summed E-state index contributed by atoms with van der Waals surface area (Å²) < 4.78 is 0. The molecular formula is C8H8O3. The van der Waals surface area contributed by atoms with E-state index >= 15 is 0 Å². The number of ketones is 1. The Morgan fingerprint density at radius 2 is 2.27 bits per heavy atom. The molecule has 11 heavy (non-hydrogen) atoms. The predicted molar refractivity (Wildman–Crippen MR) is 36.9 cm³/mol. The highest BCUT2D eigenvalue weighted by molar-refractivity contribution is 5.94. The molecule has 0 bridgehead atoms. The van der Waals surface area contributed by atoms with Gasteiger partial charge in [0.2, 0.25) is 0 Å². The van der Waals surface area contributed by atoms with Crippen LogP contribution in [0.2, 0.25) is 0 Å². The number of carboxylic acid groups (broad SMARTS) is 1. The maximum atomic E-state index is 10.9. The van der Waals surface area contributed by atoms with Crippen LogP contribution in [0.25, 0.3) is 0 Å². The molecule has 0 radical (unpaired) electrons. The van der Waals surface area contributed by atoms with Crippen LogP contribution in [0.3, 0.4) is 0 Å². The van der Waals surface area contributed by atoms with Gasteiger partial charge in [-0.2, -0.15) is 0 Å². The highest BCUT2D eigenvalue weighted by atomic mass is 16.4. The van der Waals surface area contributed by atoms with Crippen molar-refractivity contribution >= 4 is 11.8 Å². The minimum Gasteiger partial charge on any atom is -0.481 e. The molecule has 0 spiro atoms. The van der Waals surface area contributed by atoms with Crippen molar-refractivity contribution in [1.29, 1.82) is 0 Å². The van der Waals surface area contributed by atoms with Crippen molar-refractivity contribution in [2.24, 2.45) is 17.8 Å². The van der Waals surface area contributed by atoms with E-state index in [1.54, 1.807) is 6.08 Å². The molecule has 0 saturated heterocycles. The van der Waals surface area contributed by atoms with Gasteiger partial charge in [0.25, 0.3) is 0 Å². The van der Waals surface area contributed by atoms with E-state index in [4.69, 9.17) is 5.11 Å². The van der Waals surface area contributed by atoms with Crippen LogP contribution in [0.1, 0.15) is 6.42 Å². The number of carbonyl (C=O) groups excluding carboxylic acids is 1. The molecule has 0 aromatic heterocycles. The van der Waals surface area contributed by atoms with E-state index in [0.717, 1.165) is 0 Å². The first-order valence-electron chi connectivity index (χ1n) is 3.64. The zero-order chi connectivity index (χ0) is 8.01. The van der Waals surface area contributed by atoms with Crippen molar-refractivity contribution in [1.82, 2.24) is 0 Å². The summed E-state index contributed by atoms with van der Waals surface area (Å²) >= 11 is 0. The van der Waals surface area contributed by atoms with E-state index in [9.17, 15) is 9.59 Å². The lowest BCUT2D eigenvalue weighted by atomic mass is 9.71. The topological polar surface area (TPSA) is 54.4 Å². The fourth-order valence-electron chi connectivity index (χ4n) is 1.85. The quantitative estimate of drug-likeness (QED) is 0.555. The Morgan fingerprint density at radius 3 is 2.73 bits per heavy atom. The van der Waals surface area contributed by atoms with Crippen LogP contribution >= 0.6 is 0 Å². The molecule has 2 aliphatic carbocycles. The molecule has 2 aliphatic rings. The van der Waals surface area contributed by atoms with Gasteiger partial charge in [0.15, 0.2) is 0 Å². The molecule has 0 amide bonds. The van der Waals surface area contributed by atoms with Gasteiger partial charge in [-0.25, -0.2) is 0 Å². The Labute approximate surface area is 63.7 Å². The van der Waals surface area contributed by atoms with Crippen LogP contribution in [-0.2, 0) is 9.59 Å². The third-order valence-corrected chi connectivity index (χ3v) is 2.51. The average Bonchev–Trinajstić information content (AvgIpc) is 2.25. The summed E-state index contributed by atoms with van der Waals surface area (Å²) in [5, 5.41) is 8.65. The number of rotatable bonds is 1. The van der Waals surface area contributed by atoms with Crippen molar-refractivity contribution in [2.45, 2.75) is 6.42 Å². The first kappa shape index (κ1) is 6.58. The van der Waals surface area contributed by atoms with Crippen LogP contribution in [-0.4, -0.2) is 16.9 Å². The highest BCUT2D eigenvalue weighted by Gasteiger charge is 2.48. The Kier molecular flexibility index (Phi) is 1.16. The summed E-state index contributed by atoms with van der Waals surface area (Å²) in [7, 11) is 0. The van der Waals surface area contributed by atoms with Gasteiger partial charge >= 0.3 is 5.97 Å². The maximum Gasteiger partial charge on any atom is 0.311 e. The number of Topliss-reactive ketones (excluding diaryl/α,β-unsaturated/α-hetero) is 1. The molecule has 0 unspecified atom stereocenters. The van der Waals surface area contributed by atoms with Crippen molar-refractivity contribution in [3.05, 3.63) is 12.2 Å². The van der Waals surface area contributed by atoms with Crippen LogP contribution in [0.15, 0.2) is 12.2 Å². The summed E-state index contributed by atoms with van der Waals surface area (Å²) in [6.07, 6.45) is 4.04. The SMILES string of the molecule is O=C1C[C@H]2C=C[C@H](C(=O)O)[C@@H]12. The van der Waals surface area contributed by atoms with Crippen molar-refractivity contribution in [3.8, 4) is 0 Å². The van der Waals surface area contributed by atoms with Gasteiger partial charge in [0.05, 0.1) is 5.92 Å². The molecule has 0 aromatic rings. The molecule has 1 N–H and O–H groups in total. The van der Waals surface area contributed by atoms with Crippen molar-refractivity contribution in [3.63, 3.8) is 0 Å². The molecule has 0 aliphatic heterocycles. The Morgan fingerprint density at radius 1 is 1.55 bits per heavy atom. The van der Waals surface area contributed by atoms with E-state index in [1.807, 2.05) is 6.08 Å². The molecule has 1 saturated carbocycles. The molecule has 3 nitrogen and oxygen atoms in total. The number of hydrogen-bond donors (Lipinski definition) is 1. The monoisotopic (exact) mass is 152 g/mol. The first-order chi connectivity index (χ1) is 5.20. The molecule has 3 atom stereocenters. The lowest BCUT2D eigenvalue weighted by molar-refractivity contribution is -0.148. The lowest BCUT2D eigenvalue weighted by Gasteiger charge is -2.30. The van der Waals surface area contributed by atoms with Gasteiger partial charge < -0.3 is 5.11 Å². The second-order valence-corrected chi connectivity index (χ2v) is 3.11. The predicted octanol–water partition coefficient (Wildman–Crippen LogP) is 0.462. The van der Waals surface area contributed by atoms with Gasteiger partial charge in [0, 0.05) is 12.3 Å². The molecule has 0 aromatic carbocycles. The number of fused-ring (bicyclic) bond motifs is 1. The number of hydrogen-bond acceptors (Lipinski definition) is 2. The number of carboxylic acids is 1. The molecule has 58 valence electrons. The van der Waals surface area contributed by atoms with Crippen LogP contribution in [0.5, 0.6) is 0 Å². The summed E-state index contributed by atoms with van der Waals surface area (Å²) in [5.74, 6) is -1.31. The molecule has 0 heterocycles. The normalized spacial score (nSPS) is 40.0. The number of carbonyl (C=O) groups is 2. The molecule has 3 heteroatoms. The van der Waals surface area contributed by atoms with Crippen molar-refractivity contribution in [2.75, 3.05) is 0 Å². The van der Waals surface area contributed by atoms with Gasteiger partial charge in [-0.05, 0) is 5.92 Å². The van der Waals surface area contributed by atoms with E-state index in [-0.39, 0.29) is 17.6 Å². The Bertz CT molecular complexity index is 254. The Hall–Kier alpha value is -1.12. The van der Waals surface area contributed by atoms with E-state index in [1.165, 1.54) is 0 Å². The van der Waals surface area contributed by atoms with Gasteiger partial charge in [-0.3, -0.25) is 9.59 Å². The minimum absolute atomic E-state index is 0.104. The molecule has 2 rings (SSSR count). The van der Waals surface area contributed by atoms with Crippen molar-refractivity contribution < 1.29 is 14.7 Å². The summed E-state index contributed by atoms with van der Waals surface area (Å²) in [6.45, 7) is 0. The summed E-state index contributed by atoms with van der Waals surface area (Å²) in [4.78, 5) is 21.5. The second-order valence-electron chi connectivity index (χ2n) is 3.11. The molecular weight excluding hydrogens is 144 g/mol. The second kappa shape index (κ2) is 1.94. The van der Waals surface area contributed by atoms with Gasteiger partial charge in [0.1, 0.15) is 5.78 Å². The minimum atomic E-state index is -0.873. The number of allylic oxidation sites excluding steroid dienone is 1. The van der Waals surface area contributed by atoms with Crippen LogP contribution in [0.4, 0.5) is 0 Å². The average molecular weight is 152 g/mol. The smallest absolute Gasteiger partial charge is 0.311 e. The fraction of sp³-hybridized carbons (Fsp3) is 0.500. The third kappa shape index (κ3) is 0.737. The summed E-state index contributed by atoms with van der Waals surface area (Å²) in [6, 6.07) is 0. The number of aliphatic carboxylic acids is 1. The Balaban J connectivity index is 2.20. The fourth-order valence-corrected chi connectivity index (χ4v) is 1.85. The van der Waals surface area contributed by atoms with Crippen LogP contribution in [0, 0.1) is 17.8 Å². The van der Waals surface area contributed by atoms with Crippen LogP contribution < -0.4 is 0 Å². The molecule has 1 fully saturated rings. The maximum absolute atomic E-state index is 10.9. The van der Waals surface area contributed by atoms with E-state index in [2.05, 4.69) is 0 Å². The van der Waals surface area contributed by atoms with Gasteiger partial charge in [-0.1, -0.05) is 12.2 Å². The first-order valence-corrected chi connectivity index (χ1v) is 3.64. The summed E-state index contributed by atoms with van der Waals surface area (Å²) in [5.41, 5.74) is 0.